The first-order valence-corrected chi connectivity index (χ1v) is 7.20. The molecule has 2 fully saturated rings. The first kappa shape index (κ1) is 12.7. The average molecular weight is 258 g/mol. The minimum absolute atomic E-state index is 0.0357. The van der Waals surface area contributed by atoms with Gasteiger partial charge in [-0.2, -0.15) is 0 Å². The van der Waals surface area contributed by atoms with Crippen LogP contribution >= 0.6 is 0 Å². The second-order valence-corrected chi connectivity index (χ2v) is 7.03. The van der Waals surface area contributed by atoms with Crippen LogP contribution in [0.2, 0.25) is 0 Å². The molecule has 102 valence electrons. The van der Waals surface area contributed by atoms with Gasteiger partial charge in [0.1, 0.15) is 6.10 Å². The summed E-state index contributed by atoms with van der Waals surface area (Å²) in [6.45, 7) is 6.61. The SMILES string of the molecule is CC1(C)CCC2C(C1)OC(=O)C2(C)c1ccccc1. The number of hydrogen-bond donors (Lipinski definition) is 0. The zero-order chi connectivity index (χ0) is 13.7. The first-order valence-electron chi connectivity index (χ1n) is 7.20. The van der Waals surface area contributed by atoms with Crippen LogP contribution < -0.4 is 0 Å². The van der Waals surface area contributed by atoms with Crippen molar-refractivity contribution in [3.05, 3.63) is 35.9 Å². The predicted octanol–water partition coefficient (Wildman–Crippen LogP) is 3.70. The summed E-state index contributed by atoms with van der Waals surface area (Å²) in [4.78, 5) is 12.5. The lowest BCUT2D eigenvalue weighted by molar-refractivity contribution is -0.146. The Morgan fingerprint density at radius 2 is 1.84 bits per heavy atom. The first-order chi connectivity index (χ1) is 8.93. The van der Waals surface area contributed by atoms with E-state index in [0.29, 0.717) is 11.3 Å². The molecule has 0 bridgehead atoms. The molecule has 0 radical (unpaired) electrons. The number of rotatable bonds is 1. The van der Waals surface area contributed by atoms with Crippen LogP contribution in [0.1, 0.15) is 45.6 Å². The summed E-state index contributed by atoms with van der Waals surface area (Å²) in [5.41, 5.74) is 0.943. The highest BCUT2D eigenvalue weighted by atomic mass is 16.6. The molecule has 0 N–H and O–H groups in total. The Balaban J connectivity index is 1.97. The summed E-state index contributed by atoms with van der Waals surface area (Å²) in [6.07, 6.45) is 3.34. The molecule has 1 aromatic rings. The van der Waals surface area contributed by atoms with Crippen molar-refractivity contribution in [3.63, 3.8) is 0 Å². The van der Waals surface area contributed by atoms with Crippen LogP contribution in [-0.2, 0) is 14.9 Å². The number of carbonyl (C=O) groups is 1. The Morgan fingerprint density at radius 3 is 2.53 bits per heavy atom. The topological polar surface area (TPSA) is 26.3 Å². The molecule has 3 rings (SSSR count). The highest BCUT2D eigenvalue weighted by Crippen LogP contribution is 2.52. The fourth-order valence-corrected chi connectivity index (χ4v) is 3.83. The van der Waals surface area contributed by atoms with Gasteiger partial charge in [0.2, 0.25) is 0 Å². The minimum Gasteiger partial charge on any atom is -0.461 e. The molecule has 1 aromatic carbocycles. The van der Waals surface area contributed by atoms with Gasteiger partial charge >= 0.3 is 5.97 Å². The number of carbonyl (C=O) groups excluding carboxylic acids is 1. The van der Waals surface area contributed by atoms with Crippen LogP contribution in [0, 0.1) is 11.3 Å². The maximum absolute atomic E-state index is 12.5. The quantitative estimate of drug-likeness (QED) is 0.718. The second kappa shape index (κ2) is 4.09. The van der Waals surface area contributed by atoms with Gasteiger partial charge in [-0.05, 0) is 37.2 Å². The summed E-state index contributed by atoms with van der Waals surface area (Å²) in [5, 5.41) is 0. The molecular weight excluding hydrogens is 236 g/mol. The van der Waals surface area contributed by atoms with E-state index in [1.54, 1.807) is 0 Å². The van der Waals surface area contributed by atoms with Crippen LogP contribution in [0.3, 0.4) is 0 Å². The third kappa shape index (κ3) is 1.89. The van der Waals surface area contributed by atoms with E-state index in [1.165, 1.54) is 6.42 Å². The van der Waals surface area contributed by atoms with E-state index in [9.17, 15) is 4.79 Å². The summed E-state index contributed by atoms with van der Waals surface area (Å²) < 4.78 is 5.73. The maximum Gasteiger partial charge on any atom is 0.316 e. The smallest absolute Gasteiger partial charge is 0.316 e. The van der Waals surface area contributed by atoms with Crippen LogP contribution in [-0.4, -0.2) is 12.1 Å². The molecule has 2 aliphatic rings. The van der Waals surface area contributed by atoms with E-state index in [2.05, 4.69) is 32.9 Å². The van der Waals surface area contributed by atoms with E-state index < -0.39 is 5.41 Å². The maximum atomic E-state index is 12.5. The van der Waals surface area contributed by atoms with Crippen LogP contribution in [0.5, 0.6) is 0 Å². The highest BCUT2D eigenvalue weighted by molar-refractivity contribution is 5.85. The molecule has 1 saturated heterocycles. The molecule has 19 heavy (non-hydrogen) atoms. The fourth-order valence-electron chi connectivity index (χ4n) is 3.83. The molecule has 2 heteroatoms. The Morgan fingerprint density at radius 1 is 1.16 bits per heavy atom. The zero-order valence-electron chi connectivity index (χ0n) is 12.0. The Bertz CT molecular complexity index is 491. The largest absolute Gasteiger partial charge is 0.461 e. The molecule has 1 saturated carbocycles. The van der Waals surface area contributed by atoms with Crippen molar-refractivity contribution in [2.24, 2.45) is 11.3 Å². The van der Waals surface area contributed by atoms with Gasteiger partial charge in [0.15, 0.2) is 0 Å². The van der Waals surface area contributed by atoms with Crippen LogP contribution in [0.25, 0.3) is 0 Å². The lowest BCUT2D eigenvalue weighted by Crippen LogP contribution is -2.40. The van der Waals surface area contributed by atoms with Gasteiger partial charge in [-0.3, -0.25) is 4.79 Å². The van der Waals surface area contributed by atoms with Crippen molar-refractivity contribution in [3.8, 4) is 0 Å². The molecule has 2 nitrogen and oxygen atoms in total. The van der Waals surface area contributed by atoms with Crippen molar-refractivity contribution < 1.29 is 9.53 Å². The van der Waals surface area contributed by atoms with E-state index in [-0.39, 0.29) is 12.1 Å². The third-order valence-corrected chi connectivity index (χ3v) is 5.13. The summed E-state index contributed by atoms with van der Waals surface area (Å²) in [7, 11) is 0. The molecular formula is C17H22O2. The van der Waals surface area contributed by atoms with Crippen molar-refractivity contribution in [1.29, 1.82) is 0 Å². The van der Waals surface area contributed by atoms with E-state index in [1.807, 2.05) is 18.2 Å². The lowest BCUT2D eigenvalue weighted by atomic mass is 9.62. The van der Waals surface area contributed by atoms with Gasteiger partial charge in [0.25, 0.3) is 0 Å². The van der Waals surface area contributed by atoms with Gasteiger partial charge in [0, 0.05) is 5.92 Å². The molecule has 0 aromatic heterocycles. The van der Waals surface area contributed by atoms with Crippen LogP contribution in [0.4, 0.5) is 0 Å². The van der Waals surface area contributed by atoms with E-state index in [4.69, 9.17) is 4.74 Å². The fraction of sp³-hybridized carbons (Fsp3) is 0.588. The number of hydrogen-bond acceptors (Lipinski definition) is 2. The number of benzene rings is 1. The van der Waals surface area contributed by atoms with Gasteiger partial charge in [-0.15, -0.1) is 0 Å². The Hall–Kier alpha value is -1.31. The van der Waals surface area contributed by atoms with E-state index >= 15 is 0 Å². The molecule has 1 aliphatic carbocycles. The average Bonchev–Trinajstić information content (AvgIpc) is 2.61. The summed E-state index contributed by atoms with van der Waals surface area (Å²) in [5.74, 6) is 0.293. The number of esters is 1. The zero-order valence-corrected chi connectivity index (χ0v) is 12.0. The molecule has 1 aliphatic heterocycles. The second-order valence-electron chi connectivity index (χ2n) is 7.03. The Kier molecular flexibility index (Phi) is 2.74. The van der Waals surface area contributed by atoms with Gasteiger partial charge < -0.3 is 4.74 Å². The molecule has 0 spiro atoms. The lowest BCUT2D eigenvalue weighted by Gasteiger charge is -2.39. The number of fused-ring (bicyclic) bond motifs is 1. The summed E-state index contributed by atoms with van der Waals surface area (Å²) in [6, 6.07) is 10.1. The van der Waals surface area contributed by atoms with Crippen molar-refractivity contribution in [2.45, 2.75) is 51.6 Å². The molecule has 1 heterocycles. The molecule has 3 unspecified atom stereocenters. The van der Waals surface area contributed by atoms with Crippen molar-refractivity contribution in [1.82, 2.24) is 0 Å². The Labute approximate surface area is 115 Å². The highest BCUT2D eigenvalue weighted by Gasteiger charge is 2.57. The third-order valence-electron chi connectivity index (χ3n) is 5.13. The van der Waals surface area contributed by atoms with Crippen LogP contribution in [0.15, 0.2) is 30.3 Å². The van der Waals surface area contributed by atoms with Crippen molar-refractivity contribution >= 4 is 5.97 Å². The normalized spacial score (nSPS) is 36.7. The summed E-state index contributed by atoms with van der Waals surface area (Å²) >= 11 is 0. The molecule has 0 amide bonds. The van der Waals surface area contributed by atoms with Gasteiger partial charge in [-0.1, -0.05) is 44.2 Å². The van der Waals surface area contributed by atoms with Crippen molar-refractivity contribution in [2.75, 3.05) is 0 Å². The number of ether oxygens (including phenoxy) is 1. The van der Waals surface area contributed by atoms with E-state index in [0.717, 1.165) is 18.4 Å². The van der Waals surface area contributed by atoms with Gasteiger partial charge in [-0.25, -0.2) is 0 Å². The monoisotopic (exact) mass is 258 g/mol. The van der Waals surface area contributed by atoms with Gasteiger partial charge in [0.05, 0.1) is 5.41 Å². The predicted molar refractivity (Wildman–Crippen MR) is 74.8 cm³/mol. The minimum atomic E-state index is -0.456. The molecule has 3 atom stereocenters. The standard InChI is InChI=1S/C17H22O2/c1-16(2)10-9-13-14(11-16)19-15(18)17(13,3)12-7-5-4-6-8-12/h4-8,13-14H,9-11H2,1-3H3.